The molecular weight excluding hydrogens is 510 g/mol. The van der Waals surface area contributed by atoms with Gasteiger partial charge >= 0.3 is 5.97 Å². The van der Waals surface area contributed by atoms with Crippen molar-refractivity contribution < 1.29 is 9.53 Å². The number of hydrogen-bond acceptors (Lipinski definition) is 9. The van der Waals surface area contributed by atoms with Crippen LogP contribution in [0.25, 0.3) is 31.4 Å². The smallest absolute Gasteiger partial charge is 0.341 e. The van der Waals surface area contributed by atoms with Gasteiger partial charge in [0.25, 0.3) is 0 Å². The molecule has 0 amide bonds. The van der Waals surface area contributed by atoms with Crippen LogP contribution in [0, 0.1) is 0 Å². The molecule has 2 N–H and O–H groups in total. The first kappa shape index (κ1) is 24.5. The zero-order valence-electron chi connectivity index (χ0n) is 21.4. The van der Waals surface area contributed by atoms with Crippen molar-refractivity contribution in [3.8, 4) is 10.4 Å². The Hall–Kier alpha value is -4.83. The summed E-state index contributed by atoms with van der Waals surface area (Å²) >= 11 is 1.72. The van der Waals surface area contributed by atoms with E-state index in [0.29, 0.717) is 24.7 Å². The number of nitrogens with zero attached hydrogens (tertiary/aromatic N) is 5. The van der Waals surface area contributed by atoms with Crippen LogP contribution in [-0.2, 0) is 11.3 Å². The molecule has 0 aliphatic heterocycles. The molecule has 0 unspecified atom stereocenters. The summed E-state index contributed by atoms with van der Waals surface area (Å²) in [5, 5.41) is 12.9. The number of aromatic amines is 1. The number of anilines is 3. The van der Waals surface area contributed by atoms with Crippen LogP contribution < -0.4 is 10.2 Å². The van der Waals surface area contributed by atoms with Crippen molar-refractivity contribution in [2.75, 3.05) is 23.9 Å². The topological polar surface area (TPSA) is 109 Å². The van der Waals surface area contributed by atoms with Crippen molar-refractivity contribution in [1.29, 1.82) is 0 Å². The van der Waals surface area contributed by atoms with E-state index in [0.717, 1.165) is 48.6 Å². The predicted molar refractivity (Wildman–Crippen MR) is 155 cm³/mol. The minimum atomic E-state index is -0.435. The molecule has 39 heavy (non-hydrogen) atoms. The summed E-state index contributed by atoms with van der Waals surface area (Å²) in [4.78, 5) is 28.7. The Labute approximate surface area is 228 Å². The number of esters is 1. The van der Waals surface area contributed by atoms with Gasteiger partial charge in [0.05, 0.1) is 36.1 Å². The monoisotopic (exact) mass is 535 g/mol. The highest BCUT2D eigenvalue weighted by atomic mass is 32.1. The molecule has 6 rings (SSSR count). The van der Waals surface area contributed by atoms with E-state index in [1.165, 1.54) is 12.4 Å². The Bertz CT molecular complexity index is 1760. The number of ether oxygens (including phenoxy) is 1. The standard InChI is InChI=1S/C29H25N7O2S/c1-3-38-28(37)18-14-30-29(31-15-18)36(2)17-20-12-25-22(27(34-20)33-19-8-5-4-6-9-19)13-26(39-25)21-10-7-11-24-23(21)16-32-35-24/h4-16H,3,17H2,1-2H3,(H,32,35)(H,33,34). The van der Waals surface area contributed by atoms with Crippen LogP contribution in [0.3, 0.4) is 0 Å². The first-order valence-corrected chi connectivity index (χ1v) is 13.3. The number of benzene rings is 2. The summed E-state index contributed by atoms with van der Waals surface area (Å²) in [6.45, 7) is 2.54. The molecular formula is C29H25N7O2S. The average molecular weight is 536 g/mol. The molecule has 0 radical (unpaired) electrons. The molecule has 0 fully saturated rings. The number of H-pyrrole nitrogens is 1. The lowest BCUT2D eigenvalue weighted by Gasteiger charge is -2.17. The van der Waals surface area contributed by atoms with Crippen LogP contribution in [0.15, 0.2) is 79.3 Å². The first-order valence-electron chi connectivity index (χ1n) is 12.5. The molecule has 4 heterocycles. The number of nitrogens with one attached hydrogen (secondary N) is 2. The fourth-order valence-corrected chi connectivity index (χ4v) is 5.55. The van der Waals surface area contributed by atoms with Gasteiger partial charge in [-0.15, -0.1) is 11.3 Å². The van der Waals surface area contributed by atoms with Gasteiger partial charge < -0.3 is 15.0 Å². The summed E-state index contributed by atoms with van der Waals surface area (Å²) in [6, 6.07) is 20.5. The molecule has 0 bridgehead atoms. The van der Waals surface area contributed by atoms with Gasteiger partial charge in [0.2, 0.25) is 5.95 Å². The molecule has 0 saturated carbocycles. The van der Waals surface area contributed by atoms with Crippen molar-refractivity contribution in [2.45, 2.75) is 13.5 Å². The Morgan fingerprint density at radius 2 is 1.85 bits per heavy atom. The third-order valence-electron chi connectivity index (χ3n) is 6.25. The highest BCUT2D eigenvalue weighted by Gasteiger charge is 2.16. The van der Waals surface area contributed by atoms with E-state index in [9.17, 15) is 4.79 Å². The molecule has 6 aromatic rings. The van der Waals surface area contributed by atoms with Gasteiger partial charge in [-0.2, -0.15) is 5.10 Å². The quantitative estimate of drug-likeness (QED) is 0.222. The number of rotatable bonds is 8. The van der Waals surface area contributed by atoms with Crippen molar-refractivity contribution in [3.63, 3.8) is 0 Å². The third-order valence-corrected chi connectivity index (χ3v) is 7.36. The van der Waals surface area contributed by atoms with Gasteiger partial charge in [-0.05, 0) is 37.3 Å². The highest BCUT2D eigenvalue weighted by Crippen LogP contribution is 2.40. The van der Waals surface area contributed by atoms with E-state index in [4.69, 9.17) is 9.72 Å². The normalized spacial score (nSPS) is 11.1. The van der Waals surface area contributed by atoms with E-state index < -0.39 is 5.97 Å². The van der Waals surface area contributed by atoms with E-state index in [1.807, 2.05) is 60.6 Å². The number of fused-ring (bicyclic) bond motifs is 2. The van der Waals surface area contributed by atoms with Crippen molar-refractivity contribution >= 4 is 55.7 Å². The average Bonchev–Trinajstić information content (AvgIpc) is 3.61. The van der Waals surface area contributed by atoms with Crippen molar-refractivity contribution in [2.24, 2.45) is 0 Å². The number of thiophene rings is 1. The van der Waals surface area contributed by atoms with Gasteiger partial charge in [-0.1, -0.05) is 30.3 Å². The number of hydrogen-bond donors (Lipinski definition) is 2. The second kappa shape index (κ2) is 10.5. The molecule has 9 nitrogen and oxygen atoms in total. The second-order valence-corrected chi connectivity index (χ2v) is 10.0. The third kappa shape index (κ3) is 5.01. The second-order valence-electron chi connectivity index (χ2n) is 8.96. The molecule has 0 spiro atoms. The number of carbonyl (C=O) groups excluding carboxylic acids is 1. The Balaban J connectivity index is 1.36. The van der Waals surface area contributed by atoms with E-state index in [2.05, 4.69) is 43.7 Å². The van der Waals surface area contributed by atoms with Crippen LogP contribution in [0.5, 0.6) is 0 Å². The fourth-order valence-electron chi connectivity index (χ4n) is 4.39. The maximum absolute atomic E-state index is 12.0. The van der Waals surface area contributed by atoms with E-state index >= 15 is 0 Å². The van der Waals surface area contributed by atoms with Crippen molar-refractivity contribution in [3.05, 3.63) is 90.5 Å². The van der Waals surface area contributed by atoms with E-state index in [-0.39, 0.29) is 0 Å². The van der Waals surface area contributed by atoms with Crippen molar-refractivity contribution in [1.82, 2.24) is 25.1 Å². The molecule has 2 aromatic carbocycles. The van der Waals surface area contributed by atoms with Crippen LogP contribution >= 0.6 is 11.3 Å². The van der Waals surface area contributed by atoms with Crippen LogP contribution in [0.4, 0.5) is 17.5 Å². The first-order chi connectivity index (χ1) is 19.1. The molecule has 0 atom stereocenters. The highest BCUT2D eigenvalue weighted by molar-refractivity contribution is 7.22. The largest absolute Gasteiger partial charge is 0.462 e. The Morgan fingerprint density at radius 1 is 1.03 bits per heavy atom. The van der Waals surface area contributed by atoms with Crippen LogP contribution in [0.2, 0.25) is 0 Å². The Morgan fingerprint density at radius 3 is 2.64 bits per heavy atom. The minimum absolute atomic E-state index is 0.301. The molecule has 0 aliphatic rings. The number of carbonyl (C=O) groups is 1. The van der Waals surface area contributed by atoms with Gasteiger partial charge in [0, 0.05) is 51.0 Å². The minimum Gasteiger partial charge on any atom is -0.462 e. The van der Waals surface area contributed by atoms with Gasteiger partial charge in [-0.25, -0.2) is 19.7 Å². The molecule has 10 heteroatoms. The van der Waals surface area contributed by atoms with Crippen LogP contribution in [0.1, 0.15) is 23.0 Å². The fraction of sp³-hybridized carbons (Fsp3) is 0.138. The summed E-state index contributed by atoms with van der Waals surface area (Å²) < 4.78 is 6.14. The maximum atomic E-state index is 12.0. The lowest BCUT2D eigenvalue weighted by atomic mass is 10.1. The lowest BCUT2D eigenvalue weighted by Crippen LogP contribution is -2.20. The summed E-state index contributed by atoms with van der Waals surface area (Å²) in [7, 11) is 1.90. The van der Waals surface area contributed by atoms with Gasteiger partial charge in [0.1, 0.15) is 5.82 Å². The van der Waals surface area contributed by atoms with E-state index in [1.54, 1.807) is 18.3 Å². The maximum Gasteiger partial charge on any atom is 0.341 e. The summed E-state index contributed by atoms with van der Waals surface area (Å²) in [6.07, 6.45) is 4.83. The summed E-state index contributed by atoms with van der Waals surface area (Å²) in [5.41, 5.74) is 4.27. The Kier molecular flexibility index (Phi) is 6.60. The lowest BCUT2D eigenvalue weighted by molar-refractivity contribution is 0.0525. The molecule has 4 aromatic heterocycles. The molecule has 0 aliphatic carbocycles. The molecule has 194 valence electrons. The number of pyridine rings is 1. The number of aromatic nitrogens is 5. The summed E-state index contributed by atoms with van der Waals surface area (Å²) in [5.74, 6) is 0.832. The molecule has 0 saturated heterocycles. The van der Waals surface area contributed by atoms with Gasteiger partial charge in [0.15, 0.2) is 0 Å². The zero-order chi connectivity index (χ0) is 26.8. The van der Waals surface area contributed by atoms with Gasteiger partial charge in [-0.3, -0.25) is 5.10 Å². The zero-order valence-corrected chi connectivity index (χ0v) is 22.2. The van der Waals surface area contributed by atoms with Crippen LogP contribution in [-0.4, -0.2) is 44.8 Å². The number of para-hydroxylation sites is 1. The SMILES string of the molecule is CCOC(=O)c1cnc(N(C)Cc2cc3sc(-c4cccc5[nH]ncc45)cc3c(Nc3ccccc3)n2)nc1. The predicted octanol–water partition coefficient (Wildman–Crippen LogP) is 6.19.